The van der Waals surface area contributed by atoms with Crippen LogP contribution >= 0.6 is 0 Å². The fourth-order valence-electron chi connectivity index (χ4n) is 3.09. The van der Waals surface area contributed by atoms with Crippen LogP contribution in [0.15, 0.2) is 18.2 Å². The van der Waals surface area contributed by atoms with Crippen molar-refractivity contribution in [3.63, 3.8) is 0 Å². The van der Waals surface area contributed by atoms with E-state index < -0.39 is 5.97 Å². The number of aliphatic carboxylic acids is 1. The van der Waals surface area contributed by atoms with Gasteiger partial charge in [0.2, 0.25) is 0 Å². The maximum atomic E-state index is 13.0. The summed E-state index contributed by atoms with van der Waals surface area (Å²) < 4.78 is 16.6. The van der Waals surface area contributed by atoms with E-state index in [1.54, 1.807) is 30.2 Å². The molecule has 1 heterocycles. The number of hydrogen-bond donors (Lipinski definition) is 1. The molecule has 0 aliphatic carbocycles. The van der Waals surface area contributed by atoms with Gasteiger partial charge >= 0.3 is 5.97 Å². The van der Waals surface area contributed by atoms with Crippen molar-refractivity contribution in [1.82, 2.24) is 4.90 Å². The van der Waals surface area contributed by atoms with Crippen molar-refractivity contribution in [2.75, 3.05) is 26.9 Å². The lowest BCUT2D eigenvalue weighted by Gasteiger charge is -2.23. The molecule has 1 aromatic carbocycles. The molecule has 26 heavy (non-hydrogen) atoms. The average molecular weight is 365 g/mol. The third kappa shape index (κ3) is 4.88. The quantitative estimate of drug-likeness (QED) is 0.724. The van der Waals surface area contributed by atoms with E-state index >= 15 is 0 Å². The number of carboxylic acids is 1. The molecule has 2 unspecified atom stereocenters. The van der Waals surface area contributed by atoms with Gasteiger partial charge in [-0.2, -0.15) is 0 Å². The van der Waals surface area contributed by atoms with Gasteiger partial charge in [0.05, 0.1) is 25.7 Å². The van der Waals surface area contributed by atoms with Gasteiger partial charge < -0.3 is 24.2 Å². The summed E-state index contributed by atoms with van der Waals surface area (Å²) in [6.45, 7) is 5.28. The van der Waals surface area contributed by atoms with Gasteiger partial charge in [-0.1, -0.05) is 6.92 Å². The van der Waals surface area contributed by atoms with Gasteiger partial charge in [0.1, 0.15) is 0 Å². The van der Waals surface area contributed by atoms with Crippen molar-refractivity contribution in [2.45, 2.75) is 45.3 Å². The minimum atomic E-state index is -0.928. The van der Waals surface area contributed by atoms with Gasteiger partial charge in [0.25, 0.3) is 5.91 Å². The van der Waals surface area contributed by atoms with Crippen molar-refractivity contribution in [3.05, 3.63) is 23.8 Å². The smallest absolute Gasteiger partial charge is 0.305 e. The highest BCUT2D eigenvalue weighted by molar-refractivity contribution is 5.95. The third-order valence-corrected chi connectivity index (χ3v) is 4.33. The highest BCUT2D eigenvalue weighted by Crippen LogP contribution is 2.31. The van der Waals surface area contributed by atoms with Crippen molar-refractivity contribution < 1.29 is 28.9 Å². The highest BCUT2D eigenvalue weighted by Gasteiger charge is 2.37. The zero-order valence-electron chi connectivity index (χ0n) is 15.6. The first kappa shape index (κ1) is 20.0. The summed E-state index contributed by atoms with van der Waals surface area (Å²) in [6, 6.07) is 4.70. The molecule has 0 spiro atoms. The molecule has 7 heteroatoms. The van der Waals surface area contributed by atoms with Crippen LogP contribution in [0, 0.1) is 0 Å². The summed E-state index contributed by atoms with van der Waals surface area (Å²) in [4.78, 5) is 25.7. The number of hydrogen-bond acceptors (Lipinski definition) is 5. The molecule has 0 aromatic heterocycles. The molecular formula is C19H27NO6. The van der Waals surface area contributed by atoms with E-state index in [-0.39, 0.29) is 24.5 Å². The number of carbonyl (C=O) groups excluding carboxylic acids is 1. The van der Waals surface area contributed by atoms with Crippen molar-refractivity contribution in [1.29, 1.82) is 0 Å². The summed E-state index contributed by atoms with van der Waals surface area (Å²) in [6.07, 6.45) is 1.14. The number of rotatable bonds is 9. The van der Waals surface area contributed by atoms with Gasteiger partial charge in [0.15, 0.2) is 11.5 Å². The SMILES string of the molecule is CCCOc1ccc(C(=O)N2CC(OC)CC2CC(=O)O)cc1OCC. The van der Waals surface area contributed by atoms with Gasteiger partial charge in [-0.25, -0.2) is 0 Å². The zero-order chi connectivity index (χ0) is 19.1. The first-order valence-corrected chi connectivity index (χ1v) is 8.95. The summed E-state index contributed by atoms with van der Waals surface area (Å²) in [5, 5.41) is 9.12. The molecule has 1 saturated heterocycles. The summed E-state index contributed by atoms with van der Waals surface area (Å²) in [7, 11) is 1.57. The molecule has 1 aliphatic rings. The van der Waals surface area contributed by atoms with E-state index in [9.17, 15) is 9.59 Å². The Bertz CT molecular complexity index is 632. The highest BCUT2D eigenvalue weighted by atomic mass is 16.5. The van der Waals surface area contributed by atoms with Crippen LogP contribution in [0.3, 0.4) is 0 Å². The van der Waals surface area contributed by atoms with Crippen LogP contribution in [-0.4, -0.2) is 60.9 Å². The molecule has 0 radical (unpaired) electrons. The topological polar surface area (TPSA) is 85.3 Å². The Morgan fingerprint density at radius 1 is 1.23 bits per heavy atom. The Kier molecular flexibility index (Phi) is 7.26. The first-order chi connectivity index (χ1) is 12.5. The molecule has 144 valence electrons. The van der Waals surface area contributed by atoms with Gasteiger partial charge in [-0.3, -0.25) is 9.59 Å². The monoisotopic (exact) mass is 365 g/mol. The van der Waals surface area contributed by atoms with Crippen LogP contribution in [0.4, 0.5) is 0 Å². The molecule has 0 saturated carbocycles. The number of ether oxygens (including phenoxy) is 3. The molecule has 1 amide bonds. The average Bonchev–Trinajstić information content (AvgIpc) is 3.02. The zero-order valence-corrected chi connectivity index (χ0v) is 15.6. The van der Waals surface area contributed by atoms with Crippen molar-refractivity contribution in [3.8, 4) is 11.5 Å². The molecule has 1 aliphatic heterocycles. The Morgan fingerprint density at radius 3 is 2.62 bits per heavy atom. The minimum absolute atomic E-state index is 0.0956. The van der Waals surface area contributed by atoms with Crippen LogP contribution in [0.2, 0.25) is 0 Å². The largest absolute Gasteiger partial charge is 0.490 e. The Hall–Kier alpha value is -2.28. The third-order valence-electron chi connectivity index (χ3n) is 4.33. The predicted octanol–water partition coefficient (Wildman–Crippen LogP) is 2.58. The second-order valence-electron chi connectivity index (χ2n) is 6.25. The van der Waals surface area contributed by atoms with Crippen LogP contribution in [0.5, 0.6) is 11.5 Å². The normalized spacial score (nSPS) is 19.4. The molecule has 7 nitrogen and oxygen atoms in total. The molecule has 2 atom stereocenters. The molecule has 0 bridgehead atoms. The second kappa shape index (κ2) is 9.43. The minimum Gasteiger partial charge on any atom is -0.490 e. The number of nitrogens with zero attached hydrogens (tertiary/aromatic N) is 1. The summed E-state index contributed by atoms with van der Waals surface area (Å²) >= 11 is 0. The predicted molar refractivity (Wildman–Crippen MR) is 95.9 cm³/mol. The van der Waals surface area contributed by atoms with E-state index in [4.69, 9.17) is 19.3 Å². The number of amides is 1. The fourth-order valence-corrected chi connectivity index (χ4v) is 3.09. The van der Waals surface area contributed by atoms with Crippen LogP contribution < -0.4 is 9.47 Å². The lowest BCUT2D eigenvalue weighted by molar-refractivity contribution is -0.138. The van der Waals surface area contributed by atoms with Crippen LogP contribution in [0.1, 0.15) is 43.5 Å². The molecule has 1 N–H and O–H groups in total. The van der Waals surface area contributed by atoms with E-state index in [2.05, 4.69) is 0 Å². The lowest BCUT2D eigenvalue weighted by atomic mass is 10.1. The molecule has 1 aromatic rings. The number of likely N-dealkylation sites (tertiary alicyclic amines) is 1. The standard InChI is InChI=1S/C19H27NO6/c1-4-8-26-16-7-6-13(9-17(16)25-5-2)19(23)20-12-15(24-3)10-14(20)11-18(21)22/h6-7,9,14-15H,4-5,8,10-12H2,1-3H3,(H,21,22). The Labute approximate surface area is 153 Å². The van der Waals surface area contributed by atoms with E-state index in [1.807, 2.05) is 13.8 Å². The first-order valence-electron chi connectivity index (χ1n) is 8.95. The van der Waals surface area contributed by atoms with Crippen molar-refractivity contribution >= 4 is 11.9 Å². The van der Waals surface area contributed by atoms with Crippen LogP contribution in [0.25, 0.3) is 0 Å². The van der Waals surface area contributed by atoms with E-state index in [1.165, 1.54) is 0 Å². The van der Waals surface area contributed by atoms with Crippen molar-refractivity contribution in [2.24, 2.45) is 0 Å². The second-order valence-corrected chi connectivity index (χ2v) is 6.25. The molecule has 1 fully saturated rings. The number of methoxy groups -OCH3 is 1. The lowest BCUT2D eigenvalue weighted by Crippen LogP contribution is -2.37. The summed E-state index contributed by atoms with van der Waals surface area (Å²) in [5.41, 5.74) is 0.449. The Balaban J connectivity index is 2.23. The maximum Gasteiger partial charge on any atom is 0.305 e. The number of carboxylic acid groups (broad SMARTS) is 1. The van der Waals surface area contributed by atoms with E-state index in [0.29, 0.717) is 43.2 Å². The van der Waals surface area contributed by atoms with Gasteiger partial charge in [0, 0.05) is 25.3 Å². The number of benzene rings is 1. The molecular weight excluding hydrogens is 338 g/mol. The van der Waals surface area contributed by atoms with E-state index in [0.717, 1.165) is 6.42 Å². The maximum absolute atomic E-state index is 13.0. The van der Waals surface area contributed by atoms with Gasteiger partial charge in [-0.15, -0.1) is 0 Å². The number of carbonyl (C=O) groups is 2. The van der Waals surface area contributed by atoms with Gasteiger partial charge in [-0.05, 0) is 38.0 Å². The van der Waals surface area contributed by atoms with Crippen LogP contribution in [-0.2, 0) is 9.53 Å². The summed E-state index contributed by atoms with van der Waals surface area (Å²) in [5.74, 6) is -0.0331. The fraction of sp³-hybridized carbons (Fsp3) is 0.579. The Morgan fingerprint density at radius 2 is 2.00 bits per heavy atom. The molecule has 2 rings (SSSR count).